The maximum atomic E-state index is 5.86. The first-order valence-electron chi connectivity index (χ1n) is 11.0. The van der Waals surface area contributed by atoms with Gasteiger partial charge in [-0.2, -0.15) is 0 Å². The van der Waals surface area contributed by atoms with Gasteiger partial charge in [-0.25, -0.2) is 0 Å². The molecule has 1 N–H and O–H groups in total. The molecule has 166 valence electrons. The lowest BCUT2D eigenvalue weighted by Gasteiger charge is -2.29. The normalized spacial score (nSPS) is 17.8. The summed E-state index contributed by atoms with van der Waals surface area (Å²) in [5.41, 5.74) is 5.18. The first-order chi connectivity index (χ1) is 16.2. The highest BCUT2D eigenvalue weighted by atomic mass is 32.1. The van der Waals surface area contributed by atoms with Gasteiger partial charge >= 0.3 is 0 Å². The van der Waals surface area contributed by atoms with Crippen molar-refractivity contribution in [2.75, 3.05) is 11.5 Å². The van der Waals surface area contributed by atoms with Crippen molar-refractivity contribution in [1.29, 1.82) is 0 Å². The third-order valence-electron chi connectivity index (χ3n) is 5.84. The first kappa shape index (κ1) is 21.2. The molecule has 0 amide bonds. The molecule has 6 nitrogen and oxygen atoms in total. The Kier molecular flexibility index (Phi) is 5.79. The van der Waals surface area contributed by atoms with E-state index < -0.39 is 0 Å². The number of pyridine rings is 2. The van der Waals surface area contributed by atoms with Gasteiger partial charge in [-0.05, 0) is 86.7 Å². The van der Waals surface area contributed by atoms with Crippen LogP contribution in [-0.2, 0) is 0 Å². The highest BCUT2D eigenvalue weighted by Gasteiger charge is 2.42. The number of anilines is 1. The van der Waals surface area contributed by atoms with Gasteiger partial charge in [0, 0.05) is 29.5 Å². The van der Waals surface area contributed by atoms with Crippen LogP contribution in [0.15, 0.2) is 85.3 Å². The molecular weight excluding hydrogens is 430 g/mol. The van der Waals surface area contributed by atoms with Gasteiger partial charge < -0.3 is 19.5 Å². The van der Waals surface area contributed by atoms with Gasteiger partial charge in [0.2, 0.25) is 0 Å². The molecule has 0 spiro atoms. The molecule has 3 aromatic heterocycles. The van der Waals surface area contributed by atoms with Crippen molar-refractivity contribution in [3.63, 3.8) is 0 Å². The van der Waals surface area contributed by atoms with Crippen molar-refractivity contribution in [2.45, 2.75) is 25.9 Å². The minimum atomic E-state index is -0.116. The fourth-order valence-corrected chi connectivity index (χ4v) is 4.78. The lowest BCUT2D eigenvalue weighted by Crippen LogP contribution is -2.30. The third-order valence-corrected chi connectivity index (χ3v) is 6.15. The number of thiocarbonyl (C=S) groups is 1. The predicted molar refractivity (Wildman–Crippen MR) is 134 cm³/mol. The Bertz CT molecular complexity index is 1240. The van der Waals surface area contributed by atoms with Crippen LogP contribution >= 0.6 is 12.2 Å². The Morgan fingerprint density at radius 1 is 0.970 bits per heavy atom. The van der Waals surface area contributed by atoms with Crippen LogP contribution in [0.1, 0.15) is 36.1 Å². The molecule has 0 unspecified atom stereocenters. The van der Waals surface area contributed by atoms with Gasteiger partial charge in [-0.1, -0.05) is 6.07 Å². The maximum absolute atomic E-state index is 5.86. The third kappa shape index (κ3) is 3.96. The fraction of sp³-hybridized carbons (Fsp3) is 0.192. The number of aryl methyl sites for hydroxylation is 1. The van der Waals surface area contributed by atoms with E-state index in [4.69, 9.17) is 17.0 Å². The van der Waals surface area contributed by atoms with Gasteiger partial charge in [0.05, 0.1) is 30.2 Å². The van der Waals surface area contributed by atoms with E-state index in [2.05, 4.69) is 62.0 Å². The maximum Gasteiger partial charge on any atom is 0.174 e. The van der Waals surface area contributed by atoms with Crippen LogP contribution in [0.3, 0.4) is 0 Å². The van der Waals surface area contributed by atoms with Crippen molar-refractivity contribution >= 4 is 23.0 Å². The standard InChI is InChI=1S/C26H25N5OS/c1-3-32-21-12-10-19(11-13-21)31-25(24(29-26(31)33)22-8-4-5-16-28-22)23-14-9-18(2)30(23)20-7-6-15-27-17-20/h4-17,24-25H,3H2,1-2H3,(H,29,33)/t24-,25-/m0/s1. The highest BCUT2D eigenvalue weighted by molar-refractivity contribution is 7.80. The van der Waals surface area contributed by atoms with Crippen LogP contribution in [0.25, 0.3) is 5.69 Å². The summed E-state index contributed by atoms with van der Waals surface area (Å²) < 4.78 is 7.89. The second-order valence-electron chi connectivity index (χ2n) is 7.87. The first-order valence-corrected chi connectivity index (χ1v) is 11.4. The number of rotatable bonds is 6. The van der Waals surface area contributed by atoms with E-state index in [0.29, 0.717) is 11.7 Å². The fourth-order valence-electron chi connectivity index (χ4n) is 4.43. The molecule has 4 aromatic rings. The second-order valence-corrected chi connectivity index (χ2v) is 8.26. The highest BCUT2D eigenvalue weighted by Crippen LogP contribution is 2.43. The van der Waals surface area contributed by atoms with E-state index >= 15 is 0 Å². The van der Waals surface area contributed by atoms with Crippen molar-refractivity contribution in [1.82, 2.24) is 19.9 Å². The molecule has 1 aromatic carbocycles. The van der Waals surface area contributed by atoms with E-state index in [1.807, 2.05) is 55.7 Å². The molecule has 33 heavy (non-hydrogen) atoms. The summed E-state index contributed by atoms with van der Waals surface area (Å²) >= 11 is 5.86. The lowest BCUT2D eigenvalue weighted by atomic mass is 10.0. The molecule has 1 aliphatic rings. The molecule has 2 atom stereocenters. The summed E-state index contributed by atoms with van der Waals surface area (Å²) in [5, 5.41) is 4.19. The van der Waals surface area contributed by atoms with Gasteiger partial charge in [-0.3, -0.25) is 9.97 Å². The minimum absolute atomic E-state index is 0.112. The number of benzene rings is 1. The van der Waals surface area contributed by atoms with E-state index in [9.17, 15) is 0 Å². The molecule has 7 heteroatoms. The number of aromatic nitrogens is 3. The summed E-state index contributed by atoms with van der Waals surface area (Å²) in [6, 6.07) is 22.2. The van der Waals surface area contributed by atoms with Gasteiger partial charge in [-0.15, -0.1) is 0 Å². The average molecular weight is 456 g/mol. The van der Waals surface area contributed by atoms with Crippen LogP contribution < -0.4 is 15.0 Å². The monoisotopic (exact) mass is 455 g/mol. The molecule has 5 rings (SSSR count). The second kappa shape index (κ2) is 9.03. The van der Waals surface area contributed by atoms with Crippen LogP contribution in [0.5, 0.6) is 5.75 Å². The van der Waals surface area contributed by atoms with E-state index in [0.717, 1.165) is 34.2 Å². The zero-order chi connectivity index (χ0) is 22.8. The number of hydrogen-bond donors (Lipinski definition) is 1. The van der Waals surface area contributed by atoms with Gasteiger partial charge in [0.15, 0.2) is 5.11 Å². The SMILES string of the molecule is CCOc1ccc(N2C(=S)N[C@@H](c3ccccn3)[C@@H]2c2ccc(C)n2-c2cccnc2)cc1. The zero-order valence-corrected chi connectivity index (χ0v) is 19.4. The number of ether oxygens (including phenoxy) is 1. The zero-order valence-electron chi connectivity index (χ0n) is 18.6. The summed E-state index contributed by atoms with van der Waals surface area (Å²) in [5.74, 6) is 0.840. The molecule has 0 bridgehead atoms. The van der Waals surface area contributed by atoms with Crippen molar-refractivity contribution < 1.29 is 4.74 Å². The molecule has 1 fully saturated rings. The Morgan fingerprint density at radius 2 is 1.82 bits per heavy atom. The van der Waals surface area contributed by atoms with E-state index in [1.54, 1.807) is 6.20 Å². The predicted octanol–water partition coefficient (Wildman–Crippen LogP) is 5.15. The largest absolute Gasteiger partial charge is 0.494 e. The van der Waals surface area contributed by atoms with Crippen molar-refractivity contribution in [3.8, 4) is 11.4 Å². The minimum Gasteiger partial charge on any atom is -0.494 e. The van der Waals surface area contributed by atoms with Crippen molar-refractivity contribution in [3.05, 3.63) is 102 Å². The average Bonchev–Trinajstić information content (AvgIpc) is 3.40. The van der Waals surface area contributed by atoms with E-state index in [1.165, 1.54) is 0 Å². The van der Waals surface area contributed by atoms with Crippen molar-refractivity contribution in [2.24, 2.45) is 0 Å². The van der Waals surface area contributed by atoms with Crippen LogP contribution in [0.4, 0.5) is 5.69 Å². The smallest absolute Gasteiger partial charge is 0.174 e. The van der Waals surface area contributed by atoms with E-state index in [-0.39, 0.29) is 12.1 Å². The molecular formula is C26H25N5OS. The van der Waals surface area contributed by atoms with Gasteiger partial charge in [0.1, 0.15) is 11.8 Å². The van der Waals surface area contributed by atoms with Crippen LogP contribution in [0, 0.1) is 6.92 Å². The molecule has 1 saturated heterocycles. The molecule has 1 aliphatic heterocycles. The van der Waals surface area contributed by atoms with Crippen LogP contribution in [0.2, 0.25) is 0 Å². The molecule has 4 heterocycles. The topological polar surface area (TPSA) is 55.2 Å². The Hall–Kier alpha value is -3.71. The molecule has 0 radical (unpaired) electrons. The number of nitrogens with zero attached hydrogens (tertiary/aromatic N) is 4. The summed E-state index contributed by atoms with van der Waals surface area (Å²) in [6.07, 6.45) is 5.49. The molecule has 0 aliphatic carbocycles. The molecule has 0 saturated carbocycles. The Morgan fingerprint density at radius 3 is 2.52 bits per heavy atom. The van der Waals surface area contributed by atoms with Crippen LogP contribution in [-0.4, -0.2) is 26.3 Å². The summed E-state index contributed by atoms with van der Waals surface area (Å²) in [7, 11) is 0. The lowest BCUT2D eigenvalue weighted by molar-refractivity contribution is 0.340. The summed E-state index contributed by atoms with van der Waals surface area (Å²) in [4.78, 5) is 11.2. The summed E-state index contributed by atoms with van der Waals surface area (Å²) in [6.45, 7) is 4.72. The van der Waals surface area contributed by atoms with Gasteiger partial charge in [0.25, 0.3) is 0 Å². The number of hydrogen-bond acceptors (Lipinski definition) is 4. The quantitative estimate of drug-likeness (QED) is 0.406. The number of nitrogens with one attached hydrogen (secondary N) is 1. The Balaban J connectivity index is 1.65. The Labute approximate surface area is 198 Å².